The van der Waals surface area contributed by atoms with Crippen molar-refractivity contribution in [2.75, 3.05) is 6.54 Å². The predicted octanol–water partition coefficient (Wildman–Crippen LogP) is 2.49. The Morgan fingerprint density at radius 2 is 2.10 bits per heavy atom. The first kappa shape index (κ1) is 16.6. The van der Waals surface area contributed by atoms with E-state index < -0.39 is 10.0 Å². The van der Waals surface area contributed by atoms with Gasteiger partial charge in [0.05, 0.1) is 22.1 Å². The van der Waals surface area contributed by atoms with E-state index >= 15 is 0 Å². The second-order valence-corrected chi connectivity index (χ2v) is 8.37. The van der Waals surface area contributed by atoms with E-state index in [0.717, 1.165) is 28.5 Å². The third-order valence-electron chi connectivity index (χ3n) is 2.82. The predicted molar refractivity (Wildman–Crippen MR) is 87.2 cm³/mol. The first-order chi connectivity index (χ1) is 10.0. The van der Waals surface area contributed by atoms with Crippen LogP contribution in [0.3, 0.4) is 0 Å². The maximum Gasteiger partial charge on any atom is 0.242 e. The fourth-order valence-electron chi connectivity index (χ4n) is 1.81. The standard InChI is InChI=1S/C13H19N3O2S3/c1-3-5-14-8-12-13(4-6-19-12)21(17,18)15-7-11-9-20-10(2)16-11/h4,6,9,14-15H,3,5,7-8H2,1-2H3. The van der Waals surface area contributed by atoms with Gasteiger partial charge in [-0.1, -0.05) is 6.92 Å². The number of thiophene rings is 1. The van der Waals surface area contributed by atoms with Gasteiger partial charge in [-0.05, 0) is 31.3 Å². The highest BCUT2D eigenvalue weighted by Gasteiger charge is 2.19. The van der Waals surface area contributed by atoms with Crippen LogP contribution in [0.2, 0.25) is 0 Å². The molecule has 2 N–H and O–H groups in total. The Hall–Kier alpha value is -0.800. The molecule has 0 saturated carbocycles. The van der Waals surface area contributed by atoms with E-state index in [1.807, 2.05) is 17.7 Å². The summed E-state index contributed by atoms with van der Waals surface area (Å²) in [6, 6.07) is 1.66. The number of aromatic nitrogens is 1. The average molecular weight is 346 g/mol. The van der Waals surface area contributed by atoms with Crippen LogP contribution >= 0.6 is 22.7 Å². The minimum Gasteiger partial charge on any atom is -0.312 e. The molecule has 8 heteroatoms. The van der Waals surface area contributed by atoms with Crippen molar-refractivity contribution in [3.63, 3.8) is 0 Å². The molecule has 0 fully saturated rings. The van der Waals surface area contributed by atoms with Crippen LogP contribution in [0.25, 0.3) is 0 Å². The van der Waals surface area contributed by atoms with Gasteiger partial charge in [-0.2, -0.15) is 0 Å². The van der Waals surface area contributed by atoms with Crippen molar-refractivity contribution in [2.24, 2.45) is 0 Å². The van der Waals surface area contributed by atoms with Crippen LogP contribution in [0.15, 0.2) is 21.7 Å². The number of sulfonamides is 1. The molecule has 0 aliphatic carbocycles. The highest BCUT2D eigenvalue weighted by molar-refractivity contribution is 7.89. The molecule has 2 heterocycles. The molecule has 0 aliphatic heterocycles. The first-order valence-electron chi connectivity index (χ1n) is 6.70. The van der Waals surface area contributed by atoms with Gasteiger partial charge in [-0.25, -0.2) is 18.1 Å². The molecular weight excluding hydrogens is 326 g/mol. The summed E-state index contributed by atoms with van der Waals surface area (Å²) in [5.41, 5.74) is 0.752. The summed E-state index contributed by atoms with van der Waals surface area (Å²) < 4.78 is 27.4. The Labute approximate surface area is 133 Å². The summed E-state index contributed by atoms with van der Waals surface area (Å²) in [7, 11) is -3.49. The van der Waals surface area contributed by atoms with Crippen LogP contribution in [-0.2, 0) is 23.1 Å². The van der Waals surface area contributed by atoms with Crippen molar-refractivity contribution in [3.8, 4) is 0 Å². The van der Waals surface area contributed by atoms with E-state index in [0.29, 0.717) is 11.4 Å². The van der Waals surface area contributed by atoms with Crippen LogP contribution in [0, 0.1) is 6.92 Å². The van der Waals surface area contributed by atoms with Crippen LogP contribution in [0.1, 0.15) is 28.9 Å². The Morgan fingerprint density at radius 3 is 2.76 bits per heavy atom. The van der Waals surface area contributed by atoms with Crippen LogP contribution in [0.4, 0.5) is 0 Å². The molecule has 116 valence electrons. The fourth-order valence-corrected chi connectivity index (χ4v) is 4.83. The second-order valence-electron chi connectivity index (χ2n) is 4.57. The minimum atomic E-state index is -3.49. The molecule has 0 aromatic carbocycles. The van der Waals surface area contributed by atoms with Crippen molar-refractivity contribution >= 4 is 32.7 Å². The molecule has 0 amide bonds. The normalized spacial score (nSPS) is 11.9. The van der Waals surface area contributed by atoms with Crippen LogP contribution < -0.4 is 10.0 Å². The van der Waals surface area contributed by atoms with Gasteiger partial charge in [-0.15, -0.1) is 22.7 Å². The molecule has 2 rings (SSSR count). The molecule has 0 saturated heterocycles. The fraction of sp³-hybridized carbons (Fsp3) is 0.462. The smallest absolute Gasteiger partial charge is 0.242 e. The number of hydrogen-bond acceptors (Lipinski definition) is 6. The van der Waals surface area contributed by atoms with E-state index in [1.54, 1.807) is 6.07 Å². The quantitative estimate of drug-likeness (QED) is 0.721. The number of rotatable bonds is 8. The summed E-state index contributed by atoms with van der Waals surface area (Å²) in [4.78, 5) is 5.46. The minimum absolute atomic E-state index is 0.227. The van der Waals surface area contributed by atoms with Gasteiger partial charge < -0.3 is 5.32 Å². The molecule has 0 bridgehead atoms. The number of nitrogens with one attached hydrogen (secondary N) is 2. The van der Waals surface area contributed by atoms with E-state index in [4.69, 9.17) is 0 Å². The summed E-state index contributed by atoms with van der Waals surface area (Å²) in [6.45, 7) is 5.67. The maximum absolute atomic E-state index is 12.4. The van der Waals surface area contributed by atoms with E-state index in [-0.39, 0.29) is 6.54 Å². The maximum atomic E-state index is 12.4. The van der Waals surface area contributed by atoms with Crippen molar-refractivity contribution in [1.82, 2.24) is 15.0 Å². The molecule has 2 aromatic heterocycles. The monoisotopic (exact) mass is 345 g/mol. The third kappa shape index (κ3) is 4.58. The number of hydrogen-bond donors (Lipinski definition) is 2. The van der Waals surface area contributed by atoms with Gasteiger partial charge in [0.2, 0.25) is 10.0 Å². The van der Waals surface area contributed by atoms with Crippen molar-refractivity contribution in [1.29, 1.82) is 0 Å². The summed E-state index contributed by atoms with van der Waals surface area (Å²) in [5.74, 6) is 0. The molecule has 0 spiro atoms. The lowest BCUT2D eigenvalue weighted by Gasteiger charge is -2.07. The molecule has 21 heavy (non-hydrogen) atoms. The van der Waals surface area contributed by atoms with Crippen molar-refractivity contribution in [2.45, 2.75) is 38.3 Å². The zero-order valence-electron chi connectivity index (χ0n) is 12.0. The summed E-state index contributed by atoms with van der Waals surface area (Å²) >= 11 is 2.97. The highest BCUT2D eigenvalue weighted by atomic mass is 32.2. The van der Waals surface area contributed by atoms with Gasteiger partial charge in [0.25, 0.3) is 0 Å². The SMILES string of the molecule is CCCNCc1sccc1S(=O)(=O)NCc1csc(C)n1. The number of nitrogens with zero attached hydrogens (tertiary/aromatic N) is 1. The van der Waals surface area contributed by atoms with Gasteiger partial charge >= 0.3 is 0 Å². The van der Waals surface area contributed by atoms with E-state index in [1.165, 1.54) is 22.7 Å². The third-order valence-corrected chi connectivity index (χ3v) is 6.17. The van der Waals surface area contributed by atoms with Gasteiger partial charge in [0, 0.05) is 16.8 Å². The second kappa shape index (κ2) is 7.46. The Morgan fingerprint density at radius 1 is 1.29 bits per heavy atom. The van der Waals surface area contributed by atoms with E-state index in [9.17, 15) is 8.42 Å². The van der Waals surface area contributed by atoms with Crippen molar-refractivity contribution < 1.29 is 8.42 Å². The average Bonchev–Trinajstić information content (AvgIpc) is 3.06. The topological polar surface area (TPSA) is 71.1 Å². The molecule has 5 nitrogen and oxygen atoms in total. The summed E-state index contributed by atoms with van der Waals surface area (Å²) in [5, 5.41) is 7.85. The Balaban J connectivity index is 2.03. The molecule has 0 unspecified atom stereocenters. The highest BCUT2D eigenvalue weighted by Crippen LogP contribution is 2.22. The molecule has 0 aliphatic rings. The van der Waals surface area contributed by atoms with Crippen molar-refractivity contribution in [3.05, 3.63) is 32.4 Å². The lowest BCUT2D eigenvalue weighted by atomic mass is 10.4. The Bertz CT molecular complexity index is 676. The van der Waals surface area contributed by atoms with Gasteiger partial charge in [0.1, 0.15) is 0 Å². The number of thiazole rings is 1. The molecule has 0 atom stereocenters. The largest absolute Gasteiger partial charge is 0.312 e. The number of aryl methyl sites for hydroxylation is 1. The van der Waals surface area contributed by atoms with Crippen LogP contribution in [-0.4, -0.2) is 19.9 Å². The lowest BCUT2D eigenvalue weighted by Crippen LogP contribution is -2.25. The summed E-state index contributed by atoms with van der Waals surface area (Å²) in [6.07, 6.45) is 1.02. The molecule has 2 aromatic rings. The lowest BCUT2D eigenvalue weighted by molar-refractivity contribution is 0.578. The zero-order chi connectivity index (χ0) is 15.3. The molecule has 0 radical (unpaired) electrons. The van der Waals surface area contributed by atoms with Crippen LogP contribution in [0.5, 0.6) is 0 Å². The molecular formula is C13H19N3O2S3. The van der Waals surface area contributed by atoms with Gasteiger partial charge in [-0.3, -0.25) is 0 Å². The first-order valence-corrected chi connectivity index (χ1v) is 9.95. The zero-order valence-corrected chi connectivity index (χ0v) is 14.5. The van der Waals surface area contributed by atoms with Gasteiger partial charge in [0.15, 0.2) is 0 Å². The Kier molecular flexibility index (Phi) is 5.88. The van der Waals surface area contributed by atoms with E-state index in [2.05, 4.69) is 21.9 Å².